The fraction of sp³-hybridized carbons (Fsp3) is 0.647. The van der Waals surface area contributed by atoms with Gasteiger partial charge in [-0.05, 0) is 30.2 Å². The first-order valence-electron chi connectivity index (χ1n) is 8.02. The van der Waals surface area contributed by atoms with Gasteiger partial charge in [-0.1, -0.05) is 39.5 Å². The van der Waals surface area contributed by atoms with Crippen LogP contribution in [0.15, 0.2) is 5.41 Å². The van der Waals surface area contributed by atoms with Crippen molar-refractivity contribution < 1.29 is 9.47 Å². The van der Waals surface area contributed by atoms with Gasteiger partial charge in [-0.2, -0.15) is 12.6 Å². The van der Waals surface area contributed by atoms with Crippen LogP contribution in [-0.4, -0.2) is 18.2 Å². The summed E-state index contributed by atoms with van der Waals surface area (Å²) in [5.41, 5.74) is 3.27. The molecule has 2 rings (SSSR count). The molecule has 1 unspecified atom stereocenters. The van der Waals surface area contributed by atoms with Crippen LogP contribution in [0.2, 0.25) is 0 Å². The maximum absolute atomic E-state index is 5.87. The molecule has 0 aromatic carbocycles. The molecule has 0 amide bonds. The van der Waals surface area contributed by atoms with Crippen LogP contribution in [0.5, 0.6) is 11.5 Å². The second kappa shape index (κ2) is 7.83. The van der Waals surface area contributed by atoms with Crippen molar-refractivity contribution in [2.45, 2.75) is 52.9 Å². The van der Waals surface area contributed by atoms with Crippen LogP contribution in [0.1, 0.15) is 57.8 Å². The van der Waals surface area contributed by atoms with Gasteiger partial charge in [0.05, 0.1) is 11.4 Å². The SMILES string of the molecule is CCCCC(CC)Cc1[nH]c(/C(C)=C\S)c2c1OCCO2. The van der Waals surface area contributed by atoms with Gasteiger partial charge in [-0.15, -0.1) is 0 Å². The minimum atomic E-state index is 0.615. The Hall–Kier alpha value is -1.03. The number of unbranched alkanes of at least 4 members (excludes halogenated alkanes) is 1. The first-order chi connectivity index (χ1) is 10.2. The molecule has 0 bridgehead atoms. The molecule has 118 valence electrons. The zero-order valence-corrected chi connectivity index (χ0v) is 14.3. The number of nitrogens with one attached hydrogen (secondary N) is 1. The topological polar surface area (TPSA) is 34.2 Å². The largest absolute Gasteiger partial charge is 0.484 e. The quantitative estimate of drug-likeness (QED) is 0.707. The maximum atomic E-state index is 5.87. The van der Waals surface area contributed by atoms with Crippen LogP contribution in [0.4, 0.5) is 0 Å². The van der Waals surface area contributed by atoms with Crippen molar-refractivity contribution in [2.75, 3.05) is 13.2 Å². The highest BCUT2D eigenvalue weighted by Gasteiger charge is 2.25. The Morgan fingerprint density at radius 2 is 2.00 bits per heavy atom. The van der Waals surface area contributed by atoms with E-state index in [2.05, 4.69) is 31.5 Å². The summed E-state index contributed by atoms with van der Waals surface area (Å²) in [6.45, 7) is 7.80. The Kier molecular flexibility index (Phi) is 6.09. The molecule has 0 spiro atoms. The number of allylic oxidation sites excluding steroid dienone is 1. The second-order valence-corrected chi connectivity index (χ2v) is 6.02. The molecule has 0 saturated carbocycles. The average molecular weight is 309 g/mol. The summed E-state index contributed by atoms with van der Waals surface area (Å²) in [5.74, 6) is 2.48. The van der Waals surface area contributed by atoms with Gasteiger partial charge >= 0.3 is 0 Å². The molecule has 1 aliphatic rings. The number of thiol groups is 1. The number of fused-ring (bicyclic) bond motifs is 1. The average Bonchev–Trinajstić information content (AvgIpc) is 2.89. The normalized spacial score (nSPS) is 16.1. The lowest BCUT2D eigenvalue weighted by Gasteiger charge is -2.18. The van der Waals surface area contributed by atoms with Crippen molar-refractivity contribution in [1.82, 2.24) is 4.98 Å². The summed E-state index contributed by atoms with van der Waals surface area (Å²) in [4.78, 5) is 3.52. The number of aromatic nitrogens is 1. The molecule has 1 aromatic heterocycles. The molecular formula is C17H27NO2S. The van der Waals surface area contributed by atoms with Gasteiger partial charge in [0.2, 0.25) is 0 Å². The minimum absolute atomic E-state index is 0.615. The molecule has 21 heavy (non-hydrogen) atoms. The van der Waals surface area contributed by atoms with E-state index >= 15 is 0 Å². The molecule has 0 fully saturated rings. The van der Waals surface area contributed by atoms with E-state index in [9.17, 15) is 0 Å². The summed E-state index contributed by atoms with van der Waals surface area (Å²) in [6.07, 6.45) is 6.05. The van der Waals surface area contributed by atoms with E-state index in [4.69, 9.17) is 9.47 Å². The maximum Gasteiger partial charge on any atom is 0.186 e. The van der Waals surface area contributed by atoms with E-state index in [1.807, 2.05) is 12.3 Å². The van der Waals surface area contributed by atoms with Gasteiger partial charge in [0.25, 0.3) is 0 Å². The van der Waals surface area contributed by atoms with Crippen molar-refractivity contribution in [3.63, 3.8) is 0 Å². The van der Waals surface area contributed by atoms with Gasteiger partial charge in [-0.25, -0.2) is 0 Å². The molecule has 1 N–H and O–H groups in total. The molecule has 4 heteroatoms. The van der Waals surface area contributed by atoms with Crippen LogP contribution in [0.3, 0.4) is 0 Å². The number of hydrogen-bond donors (Lipinski definition) is 2. The van der Waals surface area contributed by atoms with E-state index in [0.29, 0.717) is 19.1 Å². The predicted molar refractivity (Wildman–Crippen MR) is 91.4 cm³/mol. The molecule has 1 aliphatic heterocycles. The van der Waals surface area contributed by atoms with E-state index in [0.717, 1.165) is 29.2 Å². The van der Waals surface area contributed by atoms with E-state index in [1.165, 1.54) is 31.4 Å². The third-order valence-electron chi connectivity index (χ3n) is 4.18. The Bertz CT molecular complexity index is 493. The number of rotatable bonds is 7. The molecule has 0 aliphatic carbocycles. The molecule has 1 atom stereocenters. The zero-order chi connectivity index (χ0) is 15.2. The first-order valence-corrected chi connectivity index (χ1v) is 8.54. The van der Waals surface area contributed by atoms with E-state index in [1.54, 1.807) is 0 Å². The highest BCUT2D eigenvalue weighted by atomic mass is 32.1. The summed E-state index contributed by atoms with van der Waals surface area (Å²) < 4.78 is 11.7. The number of aromatic amines is 1. The van der Waals surface area contributed by atoms with Gasteiger partial charge in [0.1, 0.15) is 13.2 Å². The summed E-state index contributed by atoms with van der Waals surface area (Å²) in [5, 5.41) is 1.81. The molecule has 0 saturated heterocycles. The minimum Gasteiger partial charge on any atom is -0.484 e. The lowest BCUT2D eigenvalue weighted by molar-refractivity contribution is 0.171. The second-order valence-electron chi connectivity index (χ2n) is 5.77. The van der Waals surface area contributed by atoms with Crippen molar-refractivity contribution in [3.05, 3.63) is 16.8 Å². The van der Waals surface area contributed by atoms with Crippen molar-refractivity contribution >= 4 is 18.2 Å². The lowest BCUT2D eigenvalue weighted by atomic mass is 9.94. The molecule has 3 nitrogen and oxygen atoms in total. The summed E-state index contributed by atoms with van der Waals surface area (Å²) in [7, 11) is 0. The standard InChI is InChI=1S/C17H27NO2S/c1-4-6-7-13(5-2)10-14-16-17(20-9-8-19-16)15(18-14)12(3)11-21/h11,13,18,21H,4-10H2,1-3H3/b12-11-. The third-order valence-corrected chi connectivity index (χ3v) is 4.57. The van der Waals surface area contributed by atoms with E-state index < -0.39 is 0 Å². The first kappa shape index (κ1) is 16.3. The zero-order valence-electron chi connectivity index (χ0n) is 13.4. The van der Waals surface area contributed by atoms with Gasteiger partial charge in [0.15, 0.2) is 11.5 Å². The van der Waals surface area contributed by atoms with Crippen molar-refractivity contribution in [2.24, 2.45) is 5.92 Å². The fourth-order valence-electron chi connectivity index (χ4n) is 2.81. The van der Waals surface area contributed by atoms with Crippen LogP contribution in [0, 0.1) is 5.92 Å². The Labute approximate surface area is 133 Å². The lowest BCUT2D eigenvalue weighted by Crippen LogP contribution is -2.16. The van der Waals surface area contributed by atoms with Gasteiger partial charge in [0, 0.05) is 0 Å². The van der Waals surface area contributed by atoms with Crippen LogP contribution >= 0.6 is 12.6 Å². The highest BCUT2D eigenvalue weighted by molar-refractivity contribution is 7.83. The van der Waals surface area contributed by atoms with Crippen molar-refractivity contribution in [3.8, 4) is 11.5 Å². The Balaban J connectivity index is 2.24. The molecule has 1 aromatic rings. The number of hydrogen-bond acceptors (Lipinski definition) is 3. The highest BCUT2D eigenvalue weighted by Crippen LogP contribution is 2.42. The van der Waals surface area contributed by atoms with Crippen LogP contribution in [0.25, 0.3) is 5.57 Å². The summed E-state index contributed by atoms with van der Waals surface area (Å²) in [6, 6.07) is 0. The predicted octanol–water partition coefficient (Wildman–Crippen LogP) is 4.84. The van der Waals surface area contributed by atoms with Gasteiger partial charge < -0.3 is 14.5 Å². The Morgan fingerprint density at radius 3 is 2.62 bits per heavy atom. The molecule has 0 radical (unpaired) electrons. The van der Waals surface area contributed by atoms with Gasteiger partial charge in [-0.3, -0.25) is 0 Å². The fourth-order valence-corrected chi connectivity index (χ4v) is 2.94. The Morgan fingerprint density at radius 1 is 1.29 bits per heavy atom. The van der Waals surface area contributed by atoms with Crippen molar-refractivity contribution in [1.29, 1.82) is 0 Å². The summed E-state index contributed by atoms with van der Waals surface area (Å²) >= 11 is 4.26. The molecule has 2 heterocycles. The van der Waals surface area contributed by atoms with Crippen LogP contribution < -0.4 is 9.47 Å². The number of ether oxygens (including phenoxy) is 2. The van der Waals surface area contributed by atoms with E-state index in [-0.39, 0.29) is 0 Å². The smallest absolute Gasteiger partial charge is 0.186 e. The molecular weight excluding hydrogens is 282 g/mol. The van der Waals surface area contributed by atoms with Crippen LogP contribution in [-0.2, 0) is 6.42 Å². The monoisotopic (exact) mass is 309 g/mol. The third kappa shape index (κ3) is 3.79. The number of H-pyrrole nitrogens is 1.